The zero-order valence-electron chi connectivity index (χ0n) is 15.3. The Morgan fingerprint density at radius 2 is 1.62 bits per heavy atom. The second-order valence-corrected chi connectivity index (χ2v) is 8.50. The van der Waals surface area contributed by atoms with Crippen LogP contribution in [-0.4, -0.2) is 64.0 Å². The zero-order chi connectivity index (χ0) is 20.4. The van der Waals surface area contributed by atoms with Gasteiger partial charge in [-0.25, -0.2) is 17.2 Å². The summed E-state index contributed by atoms with van der Waals surface area (Å²) in [5, 5.41) is 11.6. The van der Waals surface area contributed by atoms with E-state index in [0.29, 0.717) is 31.1 Å². The normalized spacial score (nSPS) is 16.2. The molecular weight excluding hydrogens is 402 g/mol. The lowest BCUT2D eigenvalue weighted by atomic mass is 10.3. The summed E-state index contributed by atoms with van der Waals surface area (Å²) >= 11 is 0. The number of nitrogens with zero attached hydrogens (tertiary/aromatic N) is 6. The summed E-state index contributed by atoms with van der Waals surface area (Å²) in [6.45, 7) is 1.76. The minimum Gasteiger partial charge on any atom is -0.293 e. The third-order valence-electron chi connectivity index (χ3n) is 4.76. The van der Waals surface area contributed by atoms with Crippen LogP contribution in [0.15, 0.2) is 53.4 Å². The average molecular weight is 420 g/mol. The fourth-order valence-corrected chi connectivity index (χ4v) is 4.70. The number of hydrogen-bond donors (Lipinski definition) is 0. The molecule has 1 aliphatic rings. The van der Waals surface area contributed by atoms with Gasteiger partial charge in [0.25, 0.3) is 0 Å². The van der Waals surface area contributed by atoms with E-state index in [4.69, 9.17) is 0 Å². The molecule has 1 aromatic heterocycles. The van der Waals surface area contributed by atoms with E-state index in [2.05, 4.69) is 15.5 Å². The first-order valence-electron chi connectivity index (χ1n) is 8.95. The lowest BCUT2D eigenvalue weighted by Crippen LogP contribution is -2.48. The summed E-state index contributed by atoms with van der Waals surface area (Å²) in [4.78, 5) is 1.70. The Labute approximate surface area is 166 Å². The number of sulfonamides is 1. The van der Waals surface area contributed by atoms with Crippen molar-refractivity contribution in [1.82, 2.24) is 29.4 Å². The predicted molar refractivity (Wildman–Crippen MR) is 99.5 cm³/mol. The molecule has 0 saturated carbocycles. The van der Waals surface area contributed by atoms with Crippen molar-refractivity contribution in [2.45, 2.75) is 11.4 Å². The highest BCUT2D eigenvalue weighted by molar-refractivity contribution is 7.89. The fourth-order valence-electron chi connectivity index (χ4n) is 3.21. The fraction of sp³-hybridized carbons (Fsp3) is 0.278. The molecule has 0 N–H and O–H groups in total. The highest BCUT2D eigenvalue weighted by Crippen LogP contribution is 2.21. The van der Waals surface area contributed by atoms with Crippen LogP contribution >= 0.6 is 0 Å². The van der Waals surface area contributed by atoms with Gasteiger partial charge in [0, 0.05) is 26.2 Å². The van der Waals surface area contributed by atoms with Crippen LogP contribution in [0.2, 0.25) is 0 Å². The Hall–Kier alpha value is -2.76. The van der Waals surface area contributed by atoms with Crippen molar-refractivity contribution in [3.63, 3.8) is 0 Å². The molecule has 8 nitrogen and oxygen atoms in total. The number of piperazine rings is 1. The minimum atomic E-state index is -3.88. The van der Waals surface area contributed by atoms with Crippen LogP contribution in [0, 0.1) is 11.6 Å². The predicted octanol–water partition coefficient (Wildman–Crippen LogP) is 1.45. The van der Waals surface area contributed by atoms with Crippen LogP contribution in [0.3, 0.4) is 0 Å². The summed E-state index contributed by atoms with van der Waals surface area (Å²) in [6.07, 6.45) is 0. The molecule has 0 spiro atoms. The van der Waals surface area contributed by atoms with Gasteiger partial charge in [0.2, 0.25) is 10.0 Å². The molecule has 0 radical (unpaired) electrons. The summed E-state index contributed by atoms with van der Waals surface area (Å²) in [5.74, 6) is -0.550. The molecular formula is C18H18F2N6O2S. The standard InChI is InChI=1S/C18H18F2N6O2S/c19-14-5-7-15(8-6-14)26-18(21-22-23-26)13-24-9-11-25(12-10-24)29(27,28)17-4-2-1-3-16(17)20/h1-8H,9-13H2. The number of aromatic nitrogens is 4. The highest BCUT2D eigenvalue weighted by atomic mass is 32.2. The summed E-state index contributed by atoms with van der Waals surface area (Å²) < 4.78 is 55.3. The van der Waals surface area contributed by atoms with Gasteiger partial charge in [0.05, 0.1) is 12.2 Å². The van der Waals surface area contributed by atoms with E-state index in [9.17, 15) is 17.2 Å². The van der Waals surface area contributed by atoms with Gasteiger partial charge in [-0.2, -0.15) is 8.99 Å². The van der Waals surface area contributed by atoms with E-state index in [1.807, 2.05) is 4.90 Å². The maximum absolute atomic E-state index is 13.9. The minimum absolute atomic E-state index is 0.231. The van der Waals surface area contributed by atoms with Crippen LogP contribution in [0.4, 0.5) is 8.78 Å². The molecule has 3 aromatic rings. The van der Waals surface area contributed by atoms with Crippen molar-refractivity contribution in [1.29, 1.82) is 0 Å². The van der Waals surface area contributed by atoms with E-state index >= 15 is 0 Å². The third kappa shape index (κ3) is 4.02. The summed E-state index contributed by atoms with van der Waals surface area (Å²) in [7, 11) is -3.88. The molecule has 1 saturated heterocycles. The van der Waals surface area contributed by atoms with Crippen LogP contribution in [0.1, 0.15) is 5.82 Å². The largest absolute Gasteiger partial charge is 0.293 e. The Morgan fingerprint density at radius 3 is 2.31 bits per heavy atom. The summed E-state index contributed by atoms with van der Waals surface area (Å²) in [6, 6.07) is 11.2. The first kappa shape index (κ1) is 19.6. The van der Waals surface area contributed by atoms with E-state index in [-0.39, 0.29) is 23.8 Å². The smallest absolute Gasteiger partial charge is 0.246 e. The van der Waals surface area contributed by atoms with Gasteiger partial charge in [-0.05, 0) is 46.8 Å². The Kier molecular flexibility index (Phi) is 5.35. The van der Waals surface area contributed by atoms with E-state index in [0.717, 1.165) is 6.07 Å². The topological polar surface area (TPSA) is 84.2 Å². The molecule has 2 heterocycles. The highest BCUT2D eigenvalue weighted by Gasteiger charge is 2.30. The monoisotopic (exact) mass is 420 g/mol. The van der Waals surface area contributed by atoms with Crippen LogP contribution in [0.25, 0.3) is 5.69 Å². The number of halogens is 2. The average Bonchev–Trinajstić information content (AvgIpc) is 3.17. The second kappa shape index (κ2) is 7.93. The molecule has 0 bridgehead atoms. The van der Waals surface area contributed by atoms with Gasteiger partial charge in [0.15, 0.2) is 5.82 Å². The number of benzene rings is 2. The van der Waals surface area contributed by atoms with Gasteiger partial charge in [-0.1, -0.05) is 12.1 Å². The molecule has 2 aromatic carbocycles. The molecule has 29 heavy (non-hydrogen) atoms. The Morgan fingerprint density at radius 1 is 0.931 bits per heavy atom. The molecule has 4 rings (SSSR count). The van der Waals surface area contributed by atoms with Crippen LogP contribution < -0.4 is 0 Å². The quantitative estimate of drug-likeness (QED) is 0.621. The zero-order valence-corrected chi connectivity index (χ0v) is 16.1. The van der Waals surface area contributed by atoms with Gasteiger partial charge in [0.1, 0.15) is 16.5 Å². The molecule has 0 atom stereocenters. The van der Waals surface area contributed by atoms with E-state index in [1.54, 1.807) is 12.1 Å². The molecule has 0 unspecified atom stereocenters. The first-order chi connectivity index (χ1) is 13.9. The first-order valence-corrected chi connectivity index (χ1v) is 10.4. The lowest BCUT2D eigenvalue weighted by molar-refractivity contribution is 0.176. The third-order valence-corrected chi connectivity index (χ3v) is 6.69. The van der Waals surface area contributed by atoms with Crippen molar-refractivity contribution in [3.05, 3.63) is 66.0 Å². The summed E-state index contributed by atoms with van der Waals surface area (Å²) in [5.41, 5.74) is 0.632. The Bertz CT molecular complexity index is 1100. The van der Waals surface area contributed by atoms with Gasteiger partial charge < -0.3 is 0 Å². The Balaban J connectivity index is 1.43. The molecule has 0 amide bonds. The van der Waals surface area contributed by atoms with Gasteiger partial charge in [-0.3, -0.25) is 4.90 Å². The maximum atomic E-state index is 13.9. The van der Waals surface area contributed by atoms with Gasteiger partial charge >= 0.3 is 0 Å². The van der Waals surface area contributed by atoms with Crippen molar-refractivity contribution >= 4 is 10.0 Å². The number of rotatable bonds is 5. The molecule has 152 valence electrons. The van der Waals surface area contributed by atoms with Crippen LogP contribution in [0.5, 0.6) is 0 Å². The van der Waals surface area contributed by atoms with E-state index < -0.39 is 15.8 Å². The second-order valence-electron chi connectivity index (χ2n) is 6.59. The van der Waals surface area contributed by atoms with Crippen molar-refractivity contribution in [3.8, 4) is 5.69 Å². The van der Waals surface area contributed by atoms with E-state index in [1.165, 1.54) is 39.3 Å². The number of tetrazole rings is 1. The molecule has 1 fully saturated rings. The van der Waals surface area contributed by atoms with Crippen LogP contribution in [-0.2, 0) is 16.6 Å². The van der Waals surface area contributed by atoms with Crippen molar-refractivity contribution in [2.24, 2.45) is 0 Å². The molecule has 0 aliphatic carbocycles. The SMILES string of the molecule is O=S(=O)(c1ccccc1F)N1CCN(Cc2nnnn2-c2ccc(F)cc2)CC1. The van der Waals surface area contributed by atoms with Crippen molar-refractivity contribution in [2.75, 3.05) is 26.2 Å². The maximum Gasteiger partial charge on any atom is 0.246 e. The molecule has 11 heteroatoms. The lowest BCUT2D eigenvalue weighted by Gasteiger charge is -2.33. The number of hydrogen-bond acceptors (Lipinski definition) is 6. The molecule has 1 aliphatic heterocycles. The van der Waals surface area contributed by atoms with Gasteiger partial charge in [-0.15, -0.1) is 5.10 Å². The van der Waals surface area contributed by atoms with Crippen molar-refractivity contribution < 1.29 is 17.2 Å².